The van der Waals surface area contributed by atoms with Gasteiger partial charge in [-0.15, -0.1) is 0 Å². The second-order valence-corrected chi connectivity index (χ2v) is 6.68. The molecule has 5 nitrogen and oxygen atoms in total. The molecule has 1 atom stereocenters. The van der Waals surface area contributed by atoms with E-state index in [1.165, 1.54) is 5.56 Å². The molecular weight excluding hydrogens is 356 g/mol. The zero-order valence-corrected chi connectivity index (χ0v) is 15.0. The quantitative estimate of drug-likeness (QED) is 0.802. The van der Waals surface area contributed by atoms with Crippen molar-refractivity contribution in [1.29, 1.82) is 0 Å². The molecule has 0 amide bonds. The van der Waals surface area contributed by atoms with E-state index in [9.17, 15) is 0 Å². The Labute approximate surface area is 145 Å². The van der Waals surface area contributed by atoms with Crippen LogP contribution in [-0.2, 0) is 6.54 Å². The molecule has 2 heterocycles. The molecule has 1 saturated heterocycles. The van der Waals surface area contributed by atoms with E-state index in [0.29, 0.717) is 6.04 Å². The SMILES string of the molecule is COc1ccc(CN2CCC(N(C)c3ccncn3)C2)cc1Br. The molecule has 0 aliphatic carbocycles. The van der Waals surface area contributed by atoms with Crippen molar-refractivity contribution >= 4 is 21.7 Å². The van der Waals surface area contributed by atoms with Crippen LogP contribution in [0.15, 0.2) is 41.3 Å². The van der Waals surface area contributed by atoms with E-state index in [0.717, 1.165) is 42.1 Å². The lowest BCUT2D eigenvalue weighted by Gasteiger charge is -2.25. The molecule has 1 unspecified atom stereocenters. The maximum Gasteiger partial charge on any atom is 0.133 e. The van der Waals surface area contributed by atoms with Crippen LogP contribution in [0.4, 0.5) is 5.82 Å². The normalized spacial score (nSPS) is 18.1. The third kappa shape index (κ3) is 3.82. The highest BCUT2D eigenvalue weighted by Gasteiger charge is 2.26. The van der Waals surface area contributed by atoms with E-state index in [1.54, 1.807) is 19.6 Å². The van der Waals surface area contributed by atoms with Gasteiger partial charge >= 0.3 is 0 Å². The summed E-state index contributed by atoms with van der Waals surface area (Å²) in [4.78, 5) is 13.1. The van der Waals surface area contributed by atoms with Gasteiger partial charge in [-0.2, -0.15) is 0 Å². The molecule has 2 aromatic rings. The number of anilines is 1. The van der Waals surface area contributed by atoms with Crippen molar-refractivity contribution in [1.82, 2.24) is 14.9 Å². The Bertz CT molecular complexity index is 652. The van der Waals surface area contributed by atoms with Gasteiger partial charge in [-0.25, -0.2) is 9.97 Å². The van der Waals surface area contributed by atoms with E-state index in [2.05, 4.69) is 54.9 Å². The molecule has 6 heteroatoms. The summed E-state index contributed by atoms with van der Waals surface area (Å²) in [6.07, 6.45) is 4.55. The first-order valence-electron chi connectivity index (χ1n) is 7.71. The molecule has 0 saturated carbocycles. The summed E-state index contributed by atoms with van der Waals surface area (Å²) >= 11 is 3.56. The van der Waals surface area contributed by atoms with Crippen molar-refractivity contribution in [2.24, 2.45) is 0 Å². The fourth-order valence-corrected chi connectivity index (χ4v) is 3.61. The largest absolute Gasteiger partial charge is 0.496 e. The van der Waals surface area contributed by atoms with Gasteiger partial charge in [-0.05, 0) is 46.1 Å². The minimum atomic E-state index is 0.492. The van der Waals surface area contributed by atoms with Crippen LogP contribution in [0.25, 0.3) is 0 Å². The van der Waals surface area contributed by atoms with Crippen molar-refractivity contribution in [3.05, 3.63) is 46.8 Å². The highest BCUT2D eigenvalue weighted by Crippen LogP contribution is 2.27. The molecule has 122 valence electrons. The standard InChI is InChI=1S/C17H21BrN4O/c1-21(17-5-7-19-12-20-17)14-6-8-22(11-14)10-13-3-4-16(23-2)15(18)9-13/h3-5,7,9,12,14H,6,8,10-11H2,1-2H3. The Morgan fingerprint density at radius 3 is 2.96 bits per heavy atom. The van der Waals surface area contributed by atoms with Crippen LogP contribution in [0, 0.1) is 0 Å². The summed E-state index contributed by atoms with van der Waals surface area (Å²) in [5, 5.41) is 0. The number of hydrogen-bond donors (Lipinski definition) is 0. The van der Waals surface area contributed by atoms with E-state index >= 15 is 0 Å². The average molecular weight is 377 g/mol. The molecule has 0 spiro atoms. The molecule has 1 fully saturated rings. The third-order valence-corrected chi connectivity index (χ3v) is 4.97. The topological polar surface area (TPSA) is 41.5 Å². The van der Waals surface area contributed by atoms with Gasteiger partial charge in [0.2, 0.25) is 0 Å². The second-order valence-electron chi connectivity index (χ2n) is 5.82. The van der Waals surface area contributed by atoms with Crippen molar-refractivity contribution in [3.8, 4) is 5.75 Å². The number of likely N-dealkylation sites (tertiary alicyclic amines) is 1. The maximum atomic E-state index is 5.29. The highest BCUT2D eigenvalue weighted by atomic mass is 79.9. The predicted octanol–water partition coefficient (Wildman–Crippen LogP) is 2.96. The van der Waals surface area contributed by atoms with Crippen LogP contribution in [-0.4, -0.2) is 48.2 Å². The van der Waals surface area contributed by atoms with Gasteiger partial charge in [0.25, 0.3) is 0 Å². The number of benzene rings is 1. The van der Waals surface area contributed by atoms with Crippen molar-refractivity contribution in [2.45, 2.75) is 19.0 Å². The first-order chi connectivity index (χ1) is 11.2. The number of rotatable bonds is 5. The van der Waals surface area contributed by atoms with E-state index in [-0.39, 0.29) is 0 Å². The molecule has 3 rings (SSSR count). The minimum Gasteiger partial charge on any atom is -0.496 e. The lowest BCUT2D eigenvalue weighted by Crippen LogP contribution is -2.34. The Balaban J connectivity index is 1.61. The van der Waals surface area contributed by atoms with Crippen LogP contribution in [0.1, 0.15) is 12.0 Å². The number of aromatic nitrogens is 2. The summed E-state index contributed by atoms with van der Waals surface area (Å²) in [5.74, 6) is 1.86. The van der Waals surface area contributed by atoms with Gasteiger partial charge in [0.05, 0.1) is 11.6 Å². The number of hydrogen-bond acceptors (Lipinski definition) is 5. The monoisotopic (exact) mass is 376 g/mol. The molecule has 1 aliphatic heterocycles. The lowest BCUT2D eigenvalue weighted by molar-refractivity contribution is 0.325. The molecule has 0 bridgehead atoms. The summed E-state index contributed by atoms with van der Waals surface area (Å²) in [5.41, 5.74) is 1.29. The first kappa shape index (κ1) is 16.2. The zero-order chi connectivity index (χ0) is 16.2. The highest BCUT2D eigenvalue weighted by molar-refractivity contribution is 9.10. The average Bonchev–Trinajstić information content (AvgIpc) is 3.03. The lowest BCUT2D eigenvalue weighted by atomic mass is 10.2. The smallest absolute Gasteiger partial charge is 0.133 e. The molecule has 1 aliphatic rings. The number of methoxy groups -OCH3 is 1. The Morgan fingerprint density at radius 2 is 2.26 bits per heavy atom. The van der Waals surface area contributed by atoms with Gasteiger partial charge in [0.1, 0.15) is 17.9 Å². The molecule has 0 N–H and O–H groups in total. The third-order valence-electron chi connectivity index (χ3n) is 4.35. The van der Waals surface area contributed by atoms with E-state index < -0.39 is 0 Å². The second kappa shape index (κ2) is 7.27. The molecule has 1 aromatic heterocycles. The van der Waals surface area contributed by atoms with Gasteiger partial charge in [0.15, 0.2) is 0 Å². The molecule has 0 radical (unpaired) electrons. The fraction of sp³-hybridized carbons (Fsp3) is 0.412. The Kier molecular flexibility index (Phi) is 5.13. The van der Waals surface area contributed by atoms with Crippen LogP contribution < -0.4 is 9.64 Å². The van der Waals surface area contributed by atoms with E-state index in [4.69, 9.17) is 4.74 Å². The van der Waals surface area contributed by atoms with Crippen molar-refractivity contribution in [2.75, 3.05) is 32.1 Å². The number of likely N-dealkylation sites (N-methyl/N-ethyl adjacent to an activating group) is 1. The van der Waals surface area contributed by atoms with Crippen LogP contribution in [0.3, 0.4) is 0 Å². The van der Waals surface area contributed by atoms with Gasteiger partial charge in [-0.1, -0.05) is 6.07 Å². The van der Waals surface area contributed by atoms with Crippen molar-refractivity contribution in [3.63, 3.8) is 0 Å². The van der Waals surface area contributed by atoms with Gasteiger partial charge in [-0.3, -0.25) is 4.90 Å². The number of halogens is 1. The van der Waals surface area contributed by atoms with Crippen LogP contribution in [0.5, 0.6) is 5.75 Å². The molecular formula is C17H21BrN4O. The van der Waals surface area contributed by atoms with Crippen LogP contribution >= 0.6 is 15.9 Å². The maximum absolute atomic E-state index is 5.29. The molecule has 1 aromatic carbocycles. The number of nitrogens with zero attached hydrogens (tertiary/aromatic N) is 4. The summed E-state index contributed by atoms with van der Waals surface area (Å²) in [7, 11) is 3.80. The predicted molar refractivity (Wildman–Crippen MR) is 94.8 cm³/mol. The van der Waals surface area contributed by atoms with E-state index in [1.807, 2.05) is 12.1 Å². The molecule has 23 heavy (non-hydrogen) atoms. The number of ether oxygens (including phenoxy) is 1. The van der Waals surface area contributed by atoms with Crippen LogP contribution in [0.2, 0.25) is 0 Å². The summed E-state index contributed by atoms with van der Waals surface area (Å²) in [6.45, 7) is 3.10. The zero-order valence-electron chi connectivity index (χ0n) is 13.4. The fourth-order valence-electron chi connectivity index (χ4n) is 3.02. The summed E-state index contributed by atoms with van der Waals surface area (Å²) < 4.78 is 6.29. The first-order valence-corrected chi connectivity index (χ1v) is 8.50. The Hall–Kier alpha value is -1.66. The van der Waals surface area contributed by atoms with Crippen molar-refractivity contribution < 1.29 is 4.74 Å². The minimum absolute atomic E-state index is 0.492. The summed E-state index contributed by atoms with van der Waals surface area (Å²) in [6, 6.07) is 8.74. The Morgan fingerprint density at radius 1 is 1.39 bits per heavy atom. The van der Waals surface area contributed by atoms with Gasteiger partial charge in [0, 0.05) is 38.9 Å². The van der Waals surface area contributed by atoms with Gasteiger partial charge < -0.3 is 9.64 Å².